The number of amides is 2. The molecule has 124 valence electrons. The average Bonchev–Trinajstić information content (AvgIpc) is 3.24. The Hall–Kier alpha value is -2.89. The monoisotopic (exact) mass is 326 g/mol. The summed E-state index contributed by atoms with van der Waals surface area (Å²) in [5, 5.41) is 2.63. The van der Waals surface area contributed by atoms with Crippen LogP contribution in [0.3, 0.4) is 0 Å². The third-order valence-electron chi connectivity index (χ3n) is 4.03. The van der Waals surface area contributed by atoms with Crippen LogP contribution in [0.1, 0.15) is 22.5 Å². The number of Topliss-reactive ketones (excluding diaryl/α,β-unsaturated/α-hetero) is 1. The van der Waals surface area contributed by atoms with Crippen molar-refractivity contribution in [2.75, 3.05) is 13.1 Å². The van der Waals surface area contributed by atoms with Gasteiger partial charge in [-0.1, -0.05) is 30.3 Å². The van der Waals surface area contributed by atoms with E-state index in [0.29, 0.717) is 24.4 Å². The quantitative estimate of drug-likeness (QED) is 0.818. The zero-order valence-corrected chi connectivity index (χ0v) is 13.1. The van der Waals surface area contributed by atoms with Crippen molar-refractivity contribution in [1.82, 2.24) is 10.2 Å². The first-order valence-corrected chi connectivity index (χ1v) is 7.79. The molecule has 2 aromatic rings. The maximum Gasteiger partial charge on any atom is 0.225 e. The van der Waals surface area contributed by atoms with Crippen LogP contribution in [0, 0.1) is 5.92 Å². The van der Waals surface area contributed by atoms with Crippen LogP contribution in [0.2, 0.25) is 0 Å². The number of nitrogens with one attached hydrogen (secondary N) is 1. The molecule has 0 spiro atoms. The Morgan fingerprint density at radius 3 is 2.67 bits per heavy atom. The lowest BCUT2D eigenvalue weighted by atomic mass is 10.1. The Morgan fingerprint density at radius 2 is 1.96 bits per heavy atom. The molecule has 24 heavy (non-hydrogen) atoms. The third kappa shape index (κ3) is 3.71. The van der Waals surface area contributed by atoms with E-state index in [1.807, 2.05) is 6.07 Å². The zero-order valence-electron chi connectivity index (χ0n) is 13.1. The van der Waals surface area contributed by atoms with Crippen molar-refractivity contribution in [2.45, 2.75) is 13.0 Å². The molecule has 1 saturated heterocycles. The molecular formula is C18H18N2O4. The number of ketones is 1. The number of benzene rings is 1. The van der Waals surface area contributed by atoms with Gasteiger partial charge in [0.2, 0.25) is 11.8 Å². The standard InChI is InChI=1S/C18H18N2O4/c21-16(13-5-2-1-3-6-13)10-19-18(23)14-9-17(22)20(11-14)12-15-7-4-8-24-15/h1-8,14H,9-12H2,(H,19,23). The number of furan rings is 1. The van der Waals surface area contributed by atoms with E-state index in [0.717, 1.165) is 0 Å². The highest BCUT2D eigenvalue weighted by molar-refractivity contribution is 6.00. The first-order chi connectivity index (χ1) is 11.6. The molecule has 1 aromatic heterocycles. The summed E-state index contributed by atoms with van der Waals surface area (Å²) < 4.78 is 5.23. The predicted molar refractivity (Wildman–Crippen MR) is 86.0 cm³/mol. The van der Waals surface area contributed by atoms with Crippen molar-refractivity contribution in [2.24, 2.45) is 5.92 Å². The smallest absolute Gasteiger partial charge is 0.225 e. The van der Waals surface area contributed by atoms with Crippen molar-refractivity contribution in [1.29, 1.82) is 0 Å². The Labute approximate surface area is 139 Å². The van der Waals surface area contributed by atoms with Gasteiger partial charge < -0.3 is 14.6 Å². The molecule has 6 heteroatoms. The van der Waals surface area contributed by atoms with Crippen molar-refractivity contribution >= 4 is 17.6 Å². The second kappa shape index (κ2) is 7.12. The Morgan fingerprint density at radius 1 is 1.17 bits per heavy atom. The van der Waals surface area contributed by atoms with Gasteiger partial charge in [-0.2, -0.15) is 0 Å². The van der Waals surface area contributed by atoms with E-state index < -0.39 is 5.92 Å². The summed E-state index contributed by atoms with van der Waals surface area (Å²) >= 11 is 0. The number of carbonyl (C=O) groups excluding carboxylic acids is 3. The lowest BCUT2D eigenvalue weighted by Gasteiger charge is -2.15. The molecule has 3 rings (SSSR count). The second-order valence-electron chi connectivity index (χ2n) is 5.76. The summed E-state index contributed by atoms with van der Waals surface area (Å²) in [4.78, 5) is 37.8. The third-order valence-corrected chi connectivity index (χ3v) is 4.03. The van der Waals surface area contributed by atoms with Gasteiger partial charge >= 0.3 is 0 Å². The summed E-state index contributed by atoms with van der Waals surface area (Å²) in [6.07, 6.45) is 1.71. The number of rotatable bonds is 6. The average molecular weight is 326 g/mol. The van der Waals surface area contributed by atoms with Gasteiger partial charge in [0.25, 0.3) is 0 Å². The molecule has 1 N–H and O–H groups in total. The lowest BCUT2D eigenvalue weighted by molar-refractivity contribution is -0.129. The van der Waals surface area contributed by atoms with Crippen molar-refractivity contribution in [3.8, 4) is 0 Å². The summed E-state index contributed by atoms with van der Waals surface area (Å²) in [7, 11) is 0. The Bertz CT molecular complexity index is 725. The first-order valence-electron chi connectivity index (χ1n) is 7.79. The molecular weight excluding hydrogens is 308 g/mol. The van der Waals surface area contributed by atoms with Gasteiger partial charge in [0.15, 0.2) is 5.78 Å². The molecule has 1 aliphatic rings. The topological polar surface area (TPSA) is 79.6 Å². The van der Waals surface area contributed by atoms with Gasteiger partial charge in [0.1, 0.15) is 5.76 Å². The Balaban J connectivity index is 1.51. The molecule has 0 aliphatic carbocycles. The molecule has 1 fully saturated rings. The normalized spacial score (nSPS) is 17.1. The zero-order chi connectivity index (χ0) is 16.9. The molecule has 1 aromatic carbocycles. The molecule has 1 atom stereocenters. The minimum absolute atomic E-state index is 0.0638. The summed E-state index contributed by atoms with van der Waals surface area (Å²) in [5.41, 5.74) is 0.555. The molecule has 0 saturated carbocycles. The van der Waals surface area contributed by atoms with Crippen LogP contribution in [-0.2, 0) is 16.1 Å². The molecule has 2 heterocycles. The van der Waals surface area contributed by atoms with Crippen molar-refractivity contribution in [3.05, 3.63) is 60.1 Å². The van der Waals surface area contributed by atoms with E-state index in [4.69, 9.17) is 4.42 Å². The van der Waals surface area contributed by atoms with Crippen LogP contribution in [0.25, 0.3) is 0 Å². The predicted octanol–water partition coefficient (Wildman–Crippen LogP) is 1.63. The van der Waals surface area contributed by atoms with Gasteiger partial charge in [-0.3, -0.25) is 14.4 Å². The molecule has 0 radical (unpaired) electrons. The molecule has 1 unspecified atom stereocenters. The lowest BCUT2D eigenvalue weighted by Crippen LogP contribution is -2.36. The minimum Gasteiger partial charge on any atom is -0.467 e. The van der Waals surface area contributed by atoms with Crippen LogP contribution in [0.15, 0.2) is 53.1 Å². The molecule has 6 nitrogen and oxygen atoms in total. The molecule has 0 bridgehead atoms. The van der Waals surface area contributed by atoms with Crippen LogP contribution in [-0.4, -0.2) is 35.6 Å². The summed E-state index contributed by atoms with van der Waals surface area (Å²) in [6.45, 7) is 0.634. The van der Waals surface area contributed by atoms with Gasteiger partial charge in [0.05, 0.1) is 25.3 Å². The number of nitrogens with zero attached hydrogens (tertiary/aromatic N) is 1. The van der Waals surface area contributed by atoms with Crippen LogP contribution >= 0.6 is 0 Å². The van der Waals surface area contributed by atoms with E-state index in [1.54, 1.807) is 47.6 Å². The highest BCUT2D eigenvalue weighted by Crippen LogP contribution is 2.20. The van der Waals surface area contributed by atoms with Crippen molar-refractivity contribution < 1.29 is 18.8 Å². The maximum atomic E-state index is 12.2. The van der Waals surface area contributed by atoms with Crippen LogP contribution < -0.4 is 5.32 Å². The fraction of sp³-hybridized carbons (Fsp3) is 0.278. The maximum absolute atomic E-state index is 12.2. The summed E-state index contributed by atoms with van der Waals surface area (Å²) in [6, 6.07) is 12.3. The van der Waals surface area contributed by atoms with E-state index in [2.05, 4.69) is 5.32 Å². The van der Waals surface area contributed by atoms with Gasteiger partial charge in [-0.25, -0.2) is 0 Å². The highest BCUT2D eigenvalue weighted by atomic mass is 16.3. The largest absolute Gasteiger partial charge is 0.467 e. The van der Waals surface area contributed by atoms with E-state index in [9.17, 15) is 14.4 Å². The fourth-order valence-corrected chi connectivity index (χ4v) is 2.73. The van der Waals surface area contributed by atoms with Crippen LogP contribution in [0.4, 0.5) is 0 Å². The van der Waals surface area contributed by atoms with E-state index >= 15 is 0 Å². The minimum atomic E-state index is -0.434. The SMILES string of the molecule is O=C(CNC(=O)C1CC(=O)N(Cc2ccco2)C1)c1ccccc1. The number of hydrogen-bond donors (Lipinski definition) is 1. The van der Waals surface area contributed by atoms with Gasteiger partial charge in [0, 0.05) is 18.5 Å². The highest BCUT2D eigenvalue weighted by Gasteiger charge is 2.34. The fourth-order valence-electron chi connectivity index (χ4n) is 2.73. The number of likely N-dealkylation sites (tertiary alicyclic amines) is 1. The van der Waals surface area contributed by atoms with Crippen molar-refractivity contribution in [3.63, 3.8) is 0 Å². The second-order valence-corrected chi connectivity index (χ2v) is 5.76. The van der Waals surface area contributed by atoms with E-state index in [1.165, 1.54) is 0 Å². The van der Waals surface area contributed by atoms with E-state index in [-0.39, 0.29) is 30.6 Å². The molecule has 2 amide bonds. The Kier molecular flexibility index (Phi) is 4.74. The first kappa shape index (κ1) is 16.0. The van der Waals surface area contributed by atoms with Crippen LogP contribution in [0.5, 0.6) is 0 Å². The summed E-state index contributed by atoms with van der Waals surface area (Å²) in [5.74, 6) is -0.254. The molecule has 1 aliphatic heterocycles. The van der Waals surface area contributed by atoms with Gasteiger partial charge in [-0.05, 0) is 12.1 Å². The number of hydrogen-bond acceptors (Lipinski definition) is 4. The number of carbonyl (C=O) groups is 3. The van der Waals surface area contributed by atoms with Gasteiger partial charge in [-0.15, -0.1) is 0 Å².